The summed E-state index contributed by atoms with van der Waals surface area (Å²) >= 11 is 6.09. The summed E-state index contributed by atoms with van der Waals surface area (Å²) in [7, 11) is 4.46. The number of rotatable bonds is 7. The van der Waals surface area contributed by atoms with Gasteiger partial charge < -0.3 is 19.5 Å². The Bertz CT molecular complexity index is 1150. The van der Waals surface area contributed by atoms with Crippen LogP contribution in [0.2, 0.25) is 5.02 Å². The van der Waals surface area contributed by atoms with Crippen LogP contribution in [0.5, 0.6) is 17.2 Å². The Labute approximate surface area is 184 Å². The van der Waals surface area contributed by atoms with Crippen LogP contribution in [0.1, 0.15) is 5.69 Å². The molecule has 0 bridgehead atoms. The number of methoxy groups -OCH3 is 3. The van der Waals surface area contributed by atoms with Crippen molar-refractivity contribution >= 4 is 23.2 Å². The van der Waals surface area contributed by atoms with E-state index in [0.29, 0.717) is 45.0 Å². The molecule has 0 saturated heterocycles. The average molecular weight is 444 g/mol. The van der Waals surface area contributed by atoms with E-state index in [4.69, 9.17) is 25.8 Å². The van der Waals surface area contributed by atoms with Crippen LogP contribution in [0.15, 0.2) is 47.3 Å². The summed E-state index contributed by atoms with van der Waals surface area (Å²) in [4.78, 5) is 29.9. The Kier molecular flexibility index (Phi) is 6.81. The number of carbonyl (C=O) groups is 1. The lowest BCUT2D eigenvalue weighted by atomic mass is 10.2. The van der Waals surface area contributed by atoms with Gasteiger partial charge in [0.15, 0.2) is 11.5 Å². The number of carbonyl (C=O) groups excluding carboxylic acids is 1. The van der Waals surface area contributed by atoms with Gasteiger partial charge in [-0.1, -0.05) is 23.7 Å². The van der Waals surface area contributed by atoms with Crippen molar-refractivity contribution in [2.24, 2.45) is 0 Å². The van der Waals surface area contributed by atoms with Gasteiger partial charge >= 0.3 is 0 Å². The fraction of sp³-hybridized carbons (Fsp3) is 0.227. The zero-order chi connectivity index (χ0) is 22.5. The molecule has 0 atom stereocenters. The molecule has 0 aliphatic rings. The van der Waals surface area contributed by atoms with Crippen LogP contribution in [0.25, 0.3) is 11.4 Å². The molecule has 1 aromatic heterocycles. The lowest BCUT2D eigenvalue weighted by Crippen LogP contribution is -2.29. The maximum Gasteiger partial charge on any atom is 0.254 e. The number of halogens is 1. The minimum Gasteiger partial charge on any atom is -0.493 e. The number of hydrogen-bond donors (Lipinski definition) is 1. The lowest BCUT2D eigenvalue weighted by Gasteiger charge is -2.16. The first-order valence-electron chi connectivity index (χ1n) is 9.30. The molecule has 0 aliphatic heterocycles. The van der Waals surface area contributed by atoms with Crippen LogP contribution >= 0.6 is 11.6 Å². The third-order valence-electron chi connectivity index (χ3n) is 4.47. The predicted molar refractivity (Wildman–Crippen MR) is 118 cm³/mol. The molecular formula is C22H22ClN3O5. The molecule has 0 aliphatic carbocycles. The molecule has 0 saturated carbocycles. The Hall–Kier alpha value is -3.52. The molecule has 0 fully saturated rings. The van der Waals surface area contributed by atoms with E-state index in [2.05, 4.69) is 10.3 Å². The minimum atomic E-state index is -0.426. The maximum absolute atomic E-state index is 12.8. The molecule has 2 aromatic carbocycles. The van der Waals surface area contributed by atoms with Crippen molar-refractivity contribution < 1.29 is 19.0 Å². The molecule has 3 aromatic rings. The van der Waals surface area contributed by atoms with Crippen LogP contribution in [-0.4, -0.2) is 36.8 Å². The lowest BCUT2D eigenvalue weighted by molar-refractivity contribution is -0.116. The van der Waals surface area contributed by atoms with Gasteiger partial charge in [-0.3, -0.25) is 14.2 Å². The largest absolute Gasteiger partial charge is 0.493 e. The Morgan fingerprint density at radius 1 is 1.06 bits per heavy atom. The number of nitrogens with one attached hydrogen (secondary N) is 1. The molecule has 1 N–H and O–H groups in total. The number of aryl methyl sites for hydroxylation is 1. The van der Waals surface area contributed by atoms with E-state index < -0.39 is 5.91 Å². The van der Waals surface area contributed by atoms with Crippen LogP contribution < -0.4 is 25.1 Å². The highest BCUT2D eigenvalue weighted by molar-refractivity contribution is 6.30. The third-order valence-corrected chi connectivity index (χ3v) is 4.70. The molecule has 1 heterocycles. The quantitative estimate of drug-likeness (QED) is 0.600. The number of hydrogen-bond acceptors (Lipinski definition) is 6. The summed E-state index contributed by atoms with van der Waals surface area (Å²) in [6, 6.07) is 11.5. The minimum absolute atomic E-state index is 0.245. The van der Waals surface area contributed by atoms with Gasteiger partial charge in [-0.25, -0.2) is 4.98 Å². The van der Waals surface area contributed by atoms with Crippen LogP contribution in [0.4, 0.5) is 5.69 Å². The molecule has 0 radical (unpaired) electrons. The fourth-order valence-corrected chi connectivity index (χ4v) is 3.31. The SMILES string of the molecule is COc1cc(NC(=O)Cn2c(-c3cccc(Cl)c3)nc(C)cc2=O)cc(OC)c1OC. The number of benzene rings is 2. The maximum atomic E-state index is 12.8. The first-order chi connectivity index (χ1) is 14.9. The summed E-state index contributed by atoms with van der Waals surface area (Å²) < 4.78 is 17.2. The number of amides is 1. The number of aromatic nitrogens is 2. The number of ether oxygens (including phenoxy) is 3. The molecule has 1 amide bonds. The molecule has 0 unspecified atom stereocenters. The Morgan fingerprint density at radius 3 is 2.32 bits per heavy atom. The van der Waals surface area contributed by atoms with Crippen LogP contribution in [0.3, 0.4) is 0 Å². The monoisotopic (exact) mass is 443 g/mol. The van der Waals surface area contributed by atoms with Crippen molar-refractivity contribution in [2.45, 2.75) is 13.5 Å². The first kappa shape index (κ1) is 22.2. The van der Waals surface area contributed by atoms with Crippen molar-refractivity contribution in [3.05, 3.63) is 63.5 Å². The van der Waals surface area contributed by atoms with Gasteiger partial charge in [-0.05, 0) is 19.1 Å². The van der Waals surface area contributed by atoms with Crippen molar-refractivity contribution in [1.29, 1.82) is 0 Å². The summed E-state index contributed by atoms with van der Waals surface area (Å²) in [5.41, 5.74) is 1.26. The van der Waals surface area contributed by atoms with Gasteiger partial charge in [0.25, 0.3) is 5.56 Å². The van der Waals surface area contributed by atoms with Crippen molar-refractivity contribution in [2.75, 3.05) is 26.6 Å². The van der Waals surface area contributed by atoms with Gasteiger partial charge in [0.05, 0.1) is 21.3 Å². The van der Waals surface area contributed by atoms with Gasteiger partial charge in [-0.15, -0.1) is 0 Å². The van der Waals surface area contributed by atoms with E-state index in [1.54, 1.807) is 43.3 Å². The van der Waals surface area contributed by atoms with E-state index in [1.807, 2.05) is 0 Å². The van der Waals surface area contributed by atoms with Crippen LogP contribution in [0, 0.1) is 6.92 Å². The predicted octanol–water partition coefficient (Wildman–Crippen LogP) is 3.54. The Morgan fingerprint density at radius 2 is 1.74 bits per heavy atom. The second-order valence-corrected chi connectivity index (χ2v) is 7.05. The zero-order valence-corrected chi connectivity index (χ0v) is 18.3. The Balaban J connectivity index is 1.94. The molecule has 8 nitrogen and oxygen atoms in total. The number of nitrogens with zero attached hydrogens (tertiary/aromatic N) is 2. The van der Waals surface area contributed by atoms with E-state index >= 15 is 0 Å². The van der Waals surface area contributed by atoms with Crippen molar-refractivity contribution in [1.82, 2.24) is 9.55 Å². The van der Waals surface area contributed by atoms with Crippen molar-refractivity contribution in [3.8, 4) is 28.6 Å². The first-order valence-corrected chi connectivity index (χ1v) is 9.68. The number of anilines is 1. The highest BCUT2D eigenvalue weighted by Crippen LogP contribution is 2.39. The van der Waals surface area contributed by atoms with Gasteiger partial charge in [0, 0.05) is 40.2 Å². The topological polar surface area (TPSA) is 91.7 Å². The highest BCUT2D eigenvalue weighted by atomic mass is 35.5. The normalized spacial score (nSPS) is 10.5. The molecule has 9 heteroatoms. The van der Waals surface area contributed by atoms with E-state index in [0.717, 1.165) is 0 Å². The standard InChI is InChI=1S/C22H22ClN3O5/c1-13-8-20(28)26(22(24-13)14-6-5-7-15(23)9-14)12-19(27)25-16-10-17(29-2)21(31-4)18(11-16)30-3/h5-11H,12H2,1-4H3,(H,25,27). The van der Waals surface area contributed by atoms with E-state index in [9.17, 15) is 9.59 Å². The molecule has 0 spiro atoms. The molecule has 162 valence electrons. The smallest absolute Gasteiger partial charge is 0.254 e. The summed E-state index contributed by atoms with van der Waals surface area (Å²) in [5.74, 6) is 1.12. The summed E-state index contributed by atoms with van der Waals surface area (Å²) in [6.07, 6.45) is 0. The van der Waals surface area contributed by atoms with Crippen molar-refractivity contribution in [3.63, 3.8) is 0 Å². The van der Waals surface area contributed by atoms with E-state index in [1.165, 1.54) is 32.0 Å². The van der Waals surface area contributed by atoms with E-state index in [-0.39, 0.29) is 12.1 Å². The second kappa shape index (κ2) is 9.53. The molecule has 3 rings (SSSR count). The fourth-order valence-electron chi connectivity index (χ4n) is 3.12. The zero-order valence-electron chi connectivity index (χ0n) is 17.6. The molecular weight excluding hydrogens is 422 g/mol. The van der Waals surface area contributed by atoms with Gasteiger partial charge in [0.1, 0.15) is 12.4 Å². The van der Waals surface area contributed by atoms with Crippen LogP contribution in [-0.2, 0) is 11.3 Å². The summed E-state index contributed by atoms with van der Waals surface area (Å²) in [5, 5.41) is 3.26. The molecule has 31 heavy (non-hydrogen) atoms. The van der Waals surface area contributed by atoms with Gasteiger partial charge in [-0.2, -0.15) is 0 Å². The average Bonchev–Trinajstić information content (AvgIpc) is 2.74. The third kappa shape index (κ3) is 4.97. The second-order valence-electron chi connectivity index (χ2n) is 6.62. The van der Waals surface area contributed by atoms with Gasteiger partial charge in [0.2, 0.25) is 11.7 Å². The summed E-state index contributed by atoms with van der Waals surface area (Å²) in [6.45, 7) is 1.47. The highest BCUT2D eigenvalue weighted by Gasteiger charge is 2.17.